The number of benzene rings is 2. The van der Waals surface area contributed by atoms with Crippen molar-refractivity contribution in [3.05, 3.63) is 58.7 Å². The molecule has 0 spiro atoms. The van der Waals surface area contributed by atoms with Crippen molar-refractivity contribution in [3.8, 4) is 5.75 Å². The fraction of sp³-hybridized carbons (Fsp3) is 0.595. The molecule has 254 valence electrons. The number of anilines is 1. The van der Waals surface area contributed by atoms with E-state index in [0.717, 1.165) is 92.8 Å². The number of nitrogens with one attached hydrogen (secondary N) is 1. The standard InChI is InChI=1S/C37H51N5O5/c1-26-22-28(23-27(2)35(26)44)24-30(36(45)41-14-5-13-39(18-19-41)31-11-20-47-21-12-31)25-34(43)40-15-9-32(10-16-40)42-17-8-29-6-3-4-7-33(29)38-37(42)46/h3-4,6-7,22-23,30-32,44H,5,8-21,24-25H2,1-2H3,(H,38,46)/t30-/m0/s1. The second kappa shape index (κ2) is 15.1. The van der Waals surface area contributed by atoms with Crippen molar-refractivity contribution in [1.29, 1.82) is 0 Å². The molecule has 10 nitrogen and oxygen atoms in total. The third-order valence-corrected chi connectivity index (χ3v) is 10.8. The molecule has 2 aromatic rings. The summed E-state index contributed by atoms with van der Waals surface area (Å²) in [6, 6.07) is 12.4. The predicted molar refractivity (Wildman–Crippen MR) is 181 cm³/mol. The van der Waals surface area contributed by atoms with Gasteiger partial charge in [-0.05, 0) is 87.1 Å². The number of hydrogen-bond acceptors (Lipinski definition) is 6. The van der Waals surface area contributed by atoms with Crippen LogP contribution >= 0.6 is 0 Å². The van der Waals surface area contributed by atoms with E-state index in [2.05, 4.69) is 16.3 Å². The van der Waals surface area contributed by atoms with Gasteiger partial charge in [-0.25, -0.2) is 4.79 Å². The summed E-state index contributed by atoms with van der Waals surface area (Å²) in [5.74, 6) is -0.155. The van der Waals surface area contributed by atoms with E-state index in [1.54, 1.807) is 0 Å². The summed E-state index contributed by atoms with van der Waals surface area (Å²) >= 11 is 0. The molecular formula is C37H51N5O5. The van der Waals surface area contributed by atoms with Gasteiger partial charge in [0.25, 0.3) is 0 Å². The first kappa shape index (κ1) is 33.3. The molecule has 10 heteroatoms. The summed E-state index contributed by atoms with van der Waals surface area (Å²) in [5, 5.41) is 13.4. The molecule has 4 heterocycles. The van der Waals surface area contributed by atoms with Gasteiger partial charge in [0.1, 0.15) is 5.75 Å². The number of phenolic OH excluding ortho intramolecular Hbond substituents is 1. The predicted octanol–water partition coefficient (Wildman–Crippen LogP) is 4.35. The van der Waals surface area contributed by atoms with Gasteiger partial charge in [-0.2, -0.15) is 0 Å². The van der Waals surface area contributed by atoms with E-state index in [-0.39, 0.29) is 36.1 Å². The molecular weight excluding hydrogens is 594 g/mol. The molecule has 4 aliphatic rings. The topological polar surface area (TPSA) is 106 Å². The SMILES string of the molecule is Cc1cc(C[C@@H](CC(=O)N2CCC(N3CCc4ccccc4NC3=O)CC2)C(=O)N2CCCN(C3CCOCC3)CC2)cc(C)c1O. The highest BCUT2D eigenvalue weighted by Crippen LogP contribution is 2.28. The van der Waals surface area contributed by atoms with Crippen LogP contribution in [0.5, 0.6) is 5.75 Å². The number of phenols is 1. The summed E-state index contributed by atoms with van der Waals surface area (Å²) in [5.41, 5.74) is 4.55. The van der Waals surface area contributed by atoms with Gasteiger partial charge in [-0.3, -0.25) is 14.5 Å². The molecule has 2 N–H and O–H groups in total. The number of ether oxygens (including phenoxy) is 1. The average Bonchev–Trinajstić information content (AvgIpc) is 3.43. The van der Waals surface area contributed by atoms with Crippen molar-refractivity contribution in [3.63, 3.8) is 0 Å². The third-order valence-electron chi connectivity index (χ3n) is 10.8. The first-order chi connectivity index (χ1) is 22.8. The number of rotatable bonds is 7. The Morgan fingerprint density at radius 2 is 1.62 bits per heavy atom. The Kier molecular flexibility index (Phi) is 10.7. The van der Waals surface area contributed by atoms with Gasteiger partial charge in [0.2, 0.25) is 11.8 Å². The largest absolute Gasteiger partial charge is 0.507 e. The van der Waals surface area contributed by atoms with Gasteiger partial charge in [-0.15, -0.1) is 0 Å². The van der Waals surface area contributed by atoms with E-state index in [0.29, 0.717) is 45.2 Å². The molecule has 0 radical (unpaired) electrons. The normalized spacial score (nSPS) is 21.1. The first-order valence-corrected chi connectivity index (χ1v) is 17.6. The van der Waals surface area contributed by atoms with Gasteiger partial charge in [0, 0.05) is 83.2 Å². The van der Waals surface area contributed by atoms with Crippen molar-refractivity contribution in [1.82, 2.24) is 19.6 Å². The van der Waals surface area contributed by atoms with Crippen LogP contribution in [0.15, 0.2) is 36.4 Å². The zero-order chi connectivity index (χ0) is 32.9. The summed E-state index contributed by atoms with van der Waals surface area (Å²) in [6.07, 6.45) is 5.85. The van der Waals surface area contributed by atoms with Crippen molar-refractivity contribution in [2.24, 2.45) is 5.92 Å². The highest BCUT2D eigenvalue weighted by molar-refractivity contribution is 5.91. The second-order valence-electron chi connectivity index (χ2n) is 13.9. The summed E-state index contributed by atoms with van der Waals surface area (Å²) in [4.78, 5) is 49.5. The Morgan fingerprint density at radius 1 is 0.894 bits per heavy atom. The fourth-order valence-corrected chi connectivity index (χ4v) is 8.03. The van der Waals surface area contributed by atoms with Crippen molar-refractivity contribution in [2.45, 2.75) is 77.3 Å². The first-order valence-electron chi connectivity index (χ1n) is 17.6. The van der Waals surface area contributed by atoms with Gasteiger partial charge < -0.3 is 29.9 Å². The van der Waals surface area contributed by atoms with Crippen molar-refractivity contribution in [2.75, 3.05) is 64.3 Å². The van der Waals surface area contributed by atoms with Crippen LogP contribution in [0.4, 0.5) is 10.5 Å². The van der Waals surface area contributed by atoms with E-state index in [9.17, 15) is 19.5 Å². The van der Waals surface area contributed by atoms with Crippen LogP contribution < -0.4 is 5.32 Å². The van der Waals surface area contributed by atoms with Crippen LogP contribution in [-0.4, -0.2) is 114 Å². The van der Waals surface area contributed by atoms with Gasteiger partial charge in [-0.1, -0.05) is 30.3 Å². The number of para-hydroxylation sites is 1. The Morgan fingerprint density at radius 3 is 2.36 bits per heavy atom. The van der Waals surface area contributed by atoms with E-state index < -0.39 is 5.92 Å². The number of nitrogens with zero attached hydrogens (tertiary/aromatic N) is 4. The number of aryl methyl sites for hydroxylation is 2. The van der Waals surface area contributed by atoms with Gasteiger partial charge in [0.15, 0.2) is 0 Å². The molecule has 3 fully saturated rings. The van der Waals surface area contributed by atoms with E-state index in [4.69, 9.17) is 4.74 Å². The lowest BCUT2D eigenvalue weighted by Crippen LogP contribution is -2.50. The Bertz CT molecular complexity index is 1410. The number of carbonyl (C=O) groups excluding carboxylic acids is 3. The van der Waals surface area contributed by atoms with Crippen LogP contribution in [0.3, 0.4) is 0 Å². The van der Waals surface area contributed by atoms with E-state index in [1.165, 1.54) is 0 Å². The molecule has 4 amide bonds. The van der Waals surface area contributed by atoms with Gasteiger partial charge in [0.05, 0.1) is 5.92 Å². The zero-order valence-electron chi connectivity index (χ0n) is 28.1. The molecule has 0 aromatic heterocycles. The summed E-state index contributed by atoms with van der Waals surface area (Å²) in [6.45, 7) is 10.3. The molecule has 0 aliphatic carbocycles. The Hall–Kier alpha value is -3.63. The van der Waals surface area contributed by atoms with Crippen molar-refractivity contribution >= 4 is 23.5 Å². The minimum Gasteiger partial charge on any atom is -0.507 e. The maximum Gasteiger partial charge on any atom is 0.322 e. The Balaban J connectivity index is 1.10. The smallest absolute Gasteiger partial charge is 0.322 e. The fourth-order valence-electron chi connectivity index (χ4n) is 8.03. The molecule has 0 unspecified atom stereocenters. The lowest BCUT2D eigenvalue weighted by atomic mass is 9.91. The van der Waals surface area contributed by atoms with Crippen molar-refractivity contribution < 1.29 is 24.2 Å². The lowest BCUT2D eigenvalue weighted by molar-refractivity contribution is -0.142. The highest BCUT2D eigenvalue weighted by Gasteiger charge is 2.35. The maximum atomic E-state index is 14.2. The number of hydrogen-bond donors (Lipinski definition) is 2. The number of carbonyl (C=O) groups is 3. The number of aromatic hydroxyl groups is 1. The van der Waals surface area contributed by atoms with Gasteiger partial charge >= 0.3 is 6.03 Å². The minimum atomic E-state index is -0.479. The number of likely N-dealkylation sites (tertiary alicyclic amines) is 1. The number of amides is 4. The Labute approximate surface area is 279 Å². The molecule has 0 saturated carbocycles. The van der Waals surface area contributed by atoms with Crippen LogP contribution in [0.2, 0.25) is 0 Å². The molecule has 3 saturated heterocycles. The summed E-state index contributed by atoms with van der Waals surface area (Å²) < 4.78 is 5.58. The highest BCUT2D eigenvalue weighted by atomic mass is 16.5. The molecule has 0 bridgehead atoms. The van der Waals surface area contributed by atoms with Crippen LogP contribution in [0.25, 0.3) is 0 Å². The number of fused-ring (bicyclic) bond motifs is 1. The van der Waals surface area contributed by atoms with E-state index >= 15 is 0 Å². The molecule has 1 atom stereocenters. The molecule has 6 rings (SSSR count). The number of piperidine rings is 1. The number of urea groups is 1. The molecule has 47 heavy (non-hydrogen) atoms. The minimum absolute atomic E-state index is 0.000370. The second-order valence-corrected chi connectivity index (χ2v) is 13.9. The lowest BCUT2D eigenvalue weighted by Gasteiger charge is -2.38. The third kappa shape index (κ3) is 7.92. The van der Waals surface area contributed by atoms with Crippen LogP contribution in [0.1, 0.15) is 60.8 Å². The summed E-state index contributed by atoms with van der Waals surface area (Å²) in [7, 11) is 0. The zero-order valence-corrected chi connectivity index (χ0v) is 28.1. The maximum absolute atomic E-state index is 14.2. The molecule has 2 aromatic carbocycles. The average molecular weight is 646 g/mol. The van der Waals surface area contributed by atoms with Crippen LogP contribution in [-0.2, 0) is 27.2 Å². The van der Waals surface area contributed by atoms with E-state index in [1.807, 2.05) is 58.9 Å². The van der Waals surface area contributed by atoms with Crippen LogP contribution in [0, 0.1) is 19.8 Å². The monoisotopic (exact) mass is 645 g/mol. The molecule has 4 aliphatic heterocycles. The quantitative estimate of drug-likeness (QED) is 0.464.